The fraction of sp³-hybridized carbons (Fsp3) is 0.462. The van der Waals surface area contributed by atoms with E-state index in [2.05, 4.69) is 35.4 Å². The number of alkyl halides is 3. The van der Waals surface area contributed by atoms with Crippen LogP contribution in [0.3, 0.4) is 0 Å². The summed E-state index contributed by atoms with van der Waals surface area (Å²) in [6.45, 7) is 6.77. The summed E-state index contributed by atoms with van der Waals surface area (Å²) >= 11 is 0. The van der Waals surface area contributed by atoms with Crippen molar-refractivity contribution in [2.24, 2.45) is 11.3 Å². The quantitative estimate of drug-likeness (QED) is 0.371. The largest absolute Gasteiger partial charge is 0.573 e. The first kappa shape index (κ1) is 24.9. The number of halogens is 3. The zero-order valence-corrected chi connectivity index (χ0v) is 20.0. The highest BCUT2D eigenvalue weighted by Crippen LogP contribution is 2.46. The maximum Gasteiger partial charge on any atom is 0.573 e. The maximum atomic E-state index is 12.5. The molecule has 0 aliphatic heterocycles. The lowest BCUT2D eigenvalue weighted by Crippen LogP contribution is -2.29. The molecule has 0 unspecified atom stereocenters. The van der Waals surface area contributed by atoms with Gasteiger partial charge >= 0.3 is 12.3 Å². The second-order valence-electron chi connectivity index (χ2n) is 10.2. The van der Waals surface area contributed by atoms with E-state index in [0.29, 0.717) is 24.0 Å². The van der Waals surface area contributed by atoms with Crippen LogP contribution in [0, 0.1) is 11.3 Å². The molecule has 0 saturated heterocycles. The van der Waals surface area contributed by atoms with Crippen LogP contribution >= 0.6 is 0 Å². The number of imidazole rings is 1. The van der Waals surface area contributed by atoms with Gasteiger partial charge in [-0.05, 0) is 72.9 Å². The lowest BCUT2D eigenvalue weighted by molar-refractivity contribution is -0.274. The Kier molecular flexibility index (Phi) is 6.71. The molecular formula is C26H30F3N3O3. The predicted molar refractivity (Wildman–Crippen MR) is 128 cm³/mol. The van der Waals surface area contributed by atoms with Crippen molar-refractivity contribution < 1.29 is 27.8 Å². The van der Waals surface area contributed by atoms with Gasteiger partial charge in [-0.2, -0.15) is 0 Å². The van der Waals surface area contributed by atoms with Gasteiger partial charge in [0.25, 0.3) is 0 Å². The third kappa shape index (κ3) is 6.07. The van der Waals surface area contributed by atoms with Crippen molar-refractivity contribution in [2.45, 2.75) is 65.3 Å². The summed E-state index contributed by atoms with van der Waals surface area (Å²) in [5, 5.41) is 12.4. The molecular weight excluding hydrogens is 459 g/mol. The molecule has 188 valence electrons. The number of hydrogen-bond donors (Lipinski definition) is 2. The van der Waals surface area contributed by atoms with Gasteiger partial charge in [0.05, 0.1) is 11.0 Å². The summed E-state index contributed by atoms with van der Waals surface area (Å²) in [6, 6.07) is 11.5. The number of aliphatic carboxylic acids is 1. The van der Waals surface area contributed by atoms with Crippen molar-refractivity contribution in [3.05, 3.63) is 48.0 Å². The third-order valence-electron chi connectivity index (χ3n) is 6.48. The van der Waals surface area contributed by atoms with Gasteiger partial charge in [-0.1, -0.05) is 32.9 Å². The van der Waals surface area contributed by atoms with Gasteiger partial charge in [0, 0.05) is 18.2 Å². The Balaban J connectivity index is 1.74. The molecule has 35 heavy (non-hydrogen) atoms. The van der Waals surface area contributed by atoms with Crippen molar-refractivity contribution in [1.82, 2.24) is 9.55 Å². The van der Waals surface area contributed by atoms with Crippen LogP contribution in [-0.4, -0.2) is 27.0 Å². The Morgan fingerprint density at radius 1 is 1.20 bits per heavy atom. The van der Waals surface area contributed by atoms with Crippen molar-refractivity contribution in [2.75, 3.05) is 5.32 Å². The maximum absolute atomic E-state index is 12.5. The number of hydrogen-bond acceptors (Lipinski definition) is 4. The number of carbonyl (C=O) groups is 1. The van der Waals surface area contributed by atoms with Gasteiger partial charge in [0.2, 0.25) is 5.95 Å². The molecule has 4 rings (SSSR count). The molecule has 1 heterocycles. The highest BCUT2D eigenvalue weighted by Gasteiger charge is 2.35. The second kappa shape index (κ2) is 9.43. The molecule has 0 radical (unpaired) electrons. The number of ether oxygens (including phenoxy) is 1. The van der Waals surface area contributed by atoms with Crippen LogP contribution in [0.2, 0.25) is 0 Å². The van der Waals surface area contributed by atoms with E-state index in [1.165, 1.54) is 24.3 Å². The fourth-order valence-electron chi connectivity index (χ4n) is 5.44. The van der Waals surface area contributed by atoms with Crippen LogP contribution in [0.25, 0.3) is 11.0 Å². The Morgan fingerprint density at radius 3 is 2.54 bits per heavy atom. The Bertz CT molecular complexity index is 1200. The Hall–Kier alpha value is -3.23. The third-order valence-corrected chi connectivity index (χ3v) is 6.48. The molecule has 3 aromatic rings. The molecule has 1 aliphatic rings. The summed E-state index contributed by atoms with van der Waals surface area (Å²) in [4.78, 5) is 16.0. The van der Waals surface area contributed by atoms with Crippen LogP contribution < -0.4 is 10.1 Å². The van der Waals surface area contributed by atoms with Gasteiger partial charge < -0.3 is 19.7 Å². The molecule has 9 heteroatoms. The van der Waals surface area contributed by atoms with Crippen LogP contribution in [-0.2, 0) is 11.2 Å². The van der Waals surface area contributed by atoms with E-state index in [1.54, 1.807) is 0 Å². The lowest BCUT2D eigenvalue weighted by Gasteiger charge is -2.40. The Morgan fingerprint density at radius 2 is 1.91 bits per heavy atom. The number of rotatable bonds is 7. The number of nitrogens with zero attached hydrogens (tertiary/aromatic N) is 2. The predicted octanol–water partition coefficient (Wildman–Crippen LogP) is 7.08. The second-order valence-corrected chi connectivity index (χ2v) is 10.2. The number of carboxylic acids is 1. The van der Waals surface area contributed by atoms with Crippen LogP contribution in [0.1, 0.15) is 58.1 Å². The molecule has 2 aromatic carbocycles. The molecule has 0 bridgehead atoms. The molecule has 2 atom stereocenters. The van der Waals surface area contributed by atoms with E-state index < -0.39 is 12.3 Å². The number of aryl methyl sites for hydroxylation is 1. The van der Waals surface area contributed by atoms with E-state index in [-0.39, 0.29) is 23.6 Å². The first-order valence-electron chi connectivity index (χ1n) is 11.7. The number of benzene rings is 2. The molecule has 1 fully saturated rings. The number of anilines is 2. The zero-order chi connectivity index (χ0) is 25.4. The highest BCUT2D eigenvalue weighted by atomic mass is 19.4. The summed E-state index contributed by atoms with van der Waals surface area (Å²) in [5.41, 5.74) is 3.23. The smallest absolute Gasteiger partial charge is 0.481 e. The summed E-state index contributed by atoms with van der Waals surface area (Å²) < 4.78 is 43.7. The molecule has 6 nitrogen and oxygen atoms in total. The minimum Gasteiger partial charge on any atom is -0.481 e. The number of nitrogens with one attached hydrogen (secondary N) is 1. The van der Waals surface area contributed by atoms with Gasteiger partial charge in [0.15, 0.2) is 0 Å². The first-order valence-corrected chi connectivity index (χ1v) is 11.7. The van der Waals surface area contributed by atoms with Crippen LogP contribution in [0.4, 0.5) is 24.8 Å². The summed E-state index contributed by atoms with van der Waals surface area (Å²) in [7, 11) is 0. The van der Waals surface area contributed by atoms with Crippen molar-refractivity contribution in [3.63, 3.8) is 0 Å². The van der Waals surface area contributed by atoms with Crippen molar-refractivity contribution in [3.8, 4) is 5.75 Å². The normalized spacial score (nSPS) is 20.1. The van der Waals surface area contributed by atoms with E-state index in [4.69, 9.17) is 10.1 Å². The standard InChI is InChI=1S/C26H30F3N3O3/c1-16-13-19(15-25(2,3)14-16)32-21-6-4-5-17(7-12-22(33)34)23(21)31-24(32)30-18-8-10-20(11-9-18)35-26(27,28)29/h4-6,8-11,16,19H,7,12-15H2,1-3H3,(H,30,31)(H,33,34)/t16-,19+/m0/s1. The summed E-state index contributed by atoms with van der Waals surface area (Å²) in [6.07, 6.45) is -1.33. The minimum absolute atomic E-state index is 0.00287. The molecule has 0 spiro atoms. The van der Waals surface area contributed by atoms with Crippen molar-refractivity contribution >= 4 is 28.6 Å². The average Bonchev–Trinajstić information content (AvgIpc) is 3.09. The number of aromatic nitrogens is 2. The highest BCUT2D eigenvalue weighted by molar-refractivity contribution is 5.83. The monoisotopic (exact) mass is 489 g/mol. The average molecular weight is 490 g/mol. The van der Waals surface area contributed by atoms with Gasteiger partial charge in [0.1, 0.15) is 5.75 Å². The van der Waals surface area contributed by atoms with Gasteiger partial charge in [-0.25, -0.2) is 4.98 Å². The molecule has 1 aliphatic carbocycles. The fourth-order valence-corrected chi connectivity index (χ4v) is 5.44. The first-order chi connectivity index (χ1) is 16.4. The summed E-state index contributed by atoms with van der Waals surface area (Å²) in [5.74, 6) is -0.0654. The van der Waals surface area contributed by atoms with E-state index in [0.717, 1.165) is 35.9 Å². The zero-order valence-electron chi connectivity index (χ0n) is 20.0. The lowest BCUT2D eigenvalue weighted by atomic mass is 9.70. The van der Waals surface area contributed by atoms with Gasteiger partial charge in [-0.15, -0.1) is 13.2 Å². The molecule has 1 saturated carbocycles. The van der Waals surface area contributed by atoms with Crippen LogP contribution in [0.15, 0.2) is 42.5 Å². The van der Waals surface area contributed by atoms with Crippen molar-refractivity contribution in [1.29, 1.82) is 0 Å². The SMILES string of the molecule is C[C@H]1C[C@@H](n2c(Nc3ccc(OC(F)(F)F)cc3)nc3c(CCC(=O)O)cccc32)CC(C)(C)C1. The number of fused-ring (bicyclic) bond motifs is 1. The Labute approximate surface area is 202 Å². The minimum atomic E-state index is -4.75. The number of carboxylic acid groups (broad SMARTS) is 1. The van der Waals surface area contributed by atoms with Crippen LogP contribution in [0.5, 0.6) is 5.75 Å². The van der Waals surface area contributed by atoms with E-state index >= 15 is 0 Å². The molecule has 1 aromatic heterocycles. The number of para-hydroxylation sites is 1. The molecule has 2 N–H and O–H groups in total. The van der Waals surface area contributed by atoms with E-state index in [1.807, 2.05) is 18.2 Å². The topological polar surface area (TPSA) is 76.4 Å². The van der Waals surface area contributed by atoms with Gasteiger partial charge in [-0.3, -0.25) is 4.79 Å². The van der Waals surface area contributed by atoms with E-state index in [9.17, 15) is 18.0 Å². The molecule has 0 amide bonds.